The molecular formula is C14H13FO2. The van der Waals surface area contributed by atoms with Crippen LogP contribution in [-0.2, 0) is 11.2 Å². The van der Waals surface area contributed by atoms with E-state index in [1.807, 2.05) is 6.92 Å². The predicted octanol–water partition coefficient (Wildman–Crippen LogP) is 3.53. The fourth-order valence-electron chi connectivity index (χ4n) is 1.77. The molecule has 0 aliphatic rings. The van der Waals surface area contributed by atoms with Crippen LogP contribution in [0.25, 0.3) is 11.3 Å². The Kier molecular flexibility index (Phi) is 3.09. The lowest BCUT2D eigenvalue weighted by molar-refractivity contribution is -0.116. The summed E-state index contributed by atoms with van der Waals surface area (Å²) in [5, 5.41) is 0. The van der Waals surface area contributed by atoms with Crippen molar-refractivity contribution >= 4 is 5.78 Å². The minimum atomic E-state index is -0.262. The number of rotatable bonds is 3. The summed E-state index contributed by atoms with van der Waals surface area (Å²) in [6, 6.07) is 8.12. The minimum Gasteiger partial charge on any atom is -0.461 e. The predicted molar refractivity (Wildman–Crippen MR) is 63.2 cm³/mol. The van der Waals surface area contributed by atoms with E-state index < -0.39 is 0 Å². The third-order valence-electron chi connectivity index (χ3n) is 2.54. The van der Waals surface area contributed by atoms with E-state index in [2.05, 4.69) is 0 Å². The van der Waals surface area contributed by atoms with Crippen molar-refractivity contribution in [3.8, 4) is 11.3 Å². The number of aryl methyl sites for hydroxylation is 1. The molecule has 0 aliphatic carbocycles. The van der Waals surface area contributed by atoms with Crippen LogP contribution in [0, 0.1) is 12.7 Å². The van der Waals surface area contributed by atoms with Crippen LogP contribution in [-0.4, -0.2) is 5.78 Å². The van der Waals surface area contributed by atoms with Crippen LogP contribution in [0.15, 0.2) is 34.7 Å². The van der Waals surface area contributed by atoms with E-state index in [1.165, 1.54) is 19.1 Å². The molecule has 0 fully saturated rings. The van der Waals surface area contributed by atoms with Crippen molar-refractivity contribution in [2.75, 3.05) is 0 Å². The third kappa shape index (κ3) is 2.61. The second-order valence-corrected chi connectivity index (χ2v) is 4.10. The first-order valence-electron chi connectivity index (χ1n) is 5.41. The van der Waals surface area contributed by atoms with Gasteiger partial charge in [0.2, 0.25) is 0 Å². The highest BCUT2D eigenvalue weighted by Gasteiger charge is 2.09. The second kappa shape index (κ2) is 4.53. The molecule has 0 N–H and O–H groups in total. The lowest BCUT2D eigenvalue weighted by Crippen LogP contribution is -1.93. The van der Waals surface area contributed by atoms with Gasteiger partial charge in [0.25, 0.3) is 0 Å². The van der Waals surface area contributed by atoms with Crippen molar-refractivity contribution in [1.82, 2.24) is 0 Å². The number of Topliss-reactive ketones (excluding diaryl/α,β-unsaturated/α-hetero) is 1. The molecule has 0 radical (unpaired) electrons. The van der Waals surface area contributed by atoms with Gasteiger partial charge in [-0.1, -0.05) is 0 Å². The van der Waals surface area contributed by atoms with Crippen LogP contribution in [0.2, 0.25) is 0 Å². The van der Waals surface area contributed by atoms with Gasteiger partial charge < -0.3 is 4.42 Å². The summed E-state index contributed by atoms with van der Waals surface area (Å²) in [5.74, 6) is 1.10. The molecule has 0 saturated heterocycles. The Morgan fingerprint density at radius 3 is 2.71 bits per heavy atom. The van der Waals surface area contributed by atoms with Gasteiger partial charge in [0.15, 0.2) is 0 Å². The summed E-state index contributed by atoms with van der Waals surface area (Å²) in [6.07, 6.45) is 0.292. The number of halogens is 1. The number of hydrogen-bond acceptors (Lipinski definition) is 2. The molecule has 0 unspecified atom stereocenters. The largest absolute Gasteiger partial charge is 0.461 e. The van der Waals surface area contributed by atoms with E-state index in [9.17, 15) is 9.18 Å². The fraction of sp³-hybridized carbons (Fsp3) is 0.214. The number of benzene rings is 1. The molecule has 0 atom stereocenters. The van der Waals surface area contributed by atoms with Crippen LogP contribution in [0.3, 0.4) is 0 Å². The van der Waals surface area contributed by atoms with Gasteiger partial charge in [-0.15, -0.1) is 0 Å². The lowest BCUT2D eigenvalue weighted by Gasteiger charge is -2.02. The molecular weight excluding hydrogens is 219 g/mol. The molecule has 1 aromatic heterocycles. The molecule has 1 aromatic carbocycles. The topological polar surface area (TPSA) is 30.2 Å². The van der Waals surface area contributed by atoms with Gasteiger partial charge in [-0.05, 0) is 49.7 Å². The molecule has 3 heteroatoms. The summed E-state index contributed by atoms with van der Waals surface area (Å²) in [4.78, 5) is 11.0. The van der Waals surface area contributed by atoms with E-state index in [-0.39, 0.29) is 11.6 Å². The number of hydrogen-bond donors (Lipinski definition) is 0. The van der Waals surface area contributed by atoms with Crippen molar-refractivity contribution in [2.24, 2.45) is 0 Å². The highest BCUT2D eigenvalue weighted by atomic mass is 19.1. The Morgan fingerprint density at radius 1 is 1.29 bits per heavy atom. The van der Waals surface area contributed by atoms with E-state index in [0.29, 0.717) is 17.9 Å². The van der Waals surface area contributed by atoms with E-state index >= 15 is 0 Å². The first-order valence-corrected chi connectivity index (χ1v) is 5.41. The van der Waals surface area contributed by atoms with Crippen LogP contribution in [0.4, 0.5) is 4.39 Å². The molecule has 0 spiro atoms. The highest BCUT2D eigenvalue weighted by Crippen LogP contribution is 2.26. The zero-order valence-electron chi connectivity index (χ0n) is 9.79. The second-order valence-electron chi connectivity index (χ2n) is 4.10. The van der Waals surface area contributed by atoms with Crippen LogP contribution in [0.5, 0.6) is 0 Å². The smallest absolute Gasteiger partial charge is 0.137 e. The van der Waals surface area contributed by atoms with Crippen molar-refractivity contribution in [1.29, 1.82) is 0 Å². The average Bonchev–Trinajstić information content (AvgIpc) is 2.65. The molecule has 0 amide bonds. The average molecular weight is 232 g/mol. The standard InChI is InChI=1S/C14H13FO2/c1-9-7-11(15)3-5-13(9)14-6-4-12(17-14)8-10(2)16/h3-7H,8H2,1-2H3. The molecule has 88 valence electrons. The zero-order chi connectivity index (χ0) is 12.4. The molecule has 0 saturated carbocycles. The molecule has 2 nitrogen and oxygen atoms in total. The highest BCUT2D eigenvalue weighted by molar-refractivity contribution is 5.77. The van der Waals surface area contributed by atoms with E-state index in [0.717, 1.165) is 11.1 Å². The normalized spacial score (nSPS) is 10.5. The van der Waals surface area contributed by atoms with Crippen molar-refractivity contribution in [2.45, 2.75) is 20.3 Å². The van der Waals surface area contributed by atoms with Gasteiger partial charge >= 0.3 is 0 Å². The fourth-order valence-corrected chi connectivity index (χ4v) is 1.77. The number of furan rings is 1. The quantitative estimate of drug-likeness (QED) is 0.810. The first-order chi connectivity index (χ1) is 8.06. The zero-order valence-corrected chi connectivity index (χ0v) is 9.79. The molecule has 2 rings (SSSR count). The SMILES string of the molecule is CC(=O)Cc1ccc(-c2ccc(F)cc2C)o1. The van der Waals surface area contributed by atoms with Crippen molar-refractivity contribution < 1.29 is 13.6 Å². The van der Waals surface area contributed by atoms with E-state index in [1.54, 1.807) is 18.2 Å². The summed E-state index contributed by atoms with van der Waals surface area (Å²) in [5.41, 5.74) is 1.66. The Balaban J connectivity index is 2.33. The summed E-state index contributed by atoms with van der Waals surface area (Å²) >= 11 is 0. The van der Waals surface area contributed by atoms with Crippen molar-refractivity contribution in [3.63, 3.8) is 0 Å². The maximum atomic E-state index is 13.0. The lowest BCUT2D eigenvalue weighted by atomic mass is 10.1. The summed E-state index contributed by atoms with van der Waals surface area (Å²) < 4.78 is 18.5. The minimum absolute atomic E-state index is 0.0572. The van der Waals surface area contributed by atoms with Crippen LogP contribution >= 0.6 is 0 Å². The molecule has 2 aromatic rings. The monoisotopic (exact) mass is 232 g/mol. The van der Waals surface area contributed by atoms with Gasteiger partial charge in [0.1, 0.15) is 23.1 Å². The molecule has 0 aliphatic heterocycles. The number of carbonyl (C=O) groups excluding carboxylic acids is 1. The van der Waals surface area contributed by atoms with Crippen LogP contribution in [0.1, 0.15) is 18.2 Å². The van der Waals surface area contributed by atoms with Gasteiger partial charge in [-0.2, -0.15) is 0 Å². The Hall–Kier alpha value is -1.90. The Morgan fingerprint density at radius 2 is 2.06 bits per heavy atom. The van der Waals surface area contributed by atoms with E-state index in [4.69, 9.17) is 4.42 Å². The van der Waals surface area contributed by atoms with Gasteiger partial charge in [-0.25, -0.2) is 4.39 Å². The maximum absolute atomic E-state index is 13.0. The first kappa shape index (κ1) is 11.6. The number of carbonyl (C=O) groups is 1. The maximum Gasteiger partial charge on any atom is 0.137 e. The summed E-state index contributed by atoms with van der Waals surface area (Å²) in [7, 11) is 0. The Bertz CT molecular complexity index is 555. The number of ketones is 1. The Labute approximate surface area is 99.1 Å². The van der Waals surface area contributed by atoms with Crippen LogP contribution < -0.4 is 0 Å². The van der Waals surface area contributed by atoms with Crippen molar-refractivity contribution in [3.05, 3.63) is 47.5 Å². The molecule has 17 heavy (non-hydrogen) atoms. The molecule has 0 bridgehead atoms. The third-order valence-corrected chi connectivity index (χ3v) is 2.54. The summed E-state index contributed by atoms with van der Waals surface area (Å²) in [6.45, 7) is 3.34. The van der Waals surface area contributed by atoms with Gasteiger partial charge in [0, 0.05) is 5.56 Å². The van der Waals surface area contributed by atoms with Gasteiger partial charge in [-0.3, -0.25) is 4.79 Å². The molecule has 1 heterocycles. The van der Waals surface area contributed by atoms with Gasteiger partial charge in [0.05, 0.1) is 6.42 Å².